The maximum atomic E-state index is 14.6. The van der Waals surface area contributed by atoms with Gasteiger partial charge in [-0.2, -0.15) is 5.10 Å². The molecule has 0 spiro atoms. The van der Waals surface area contributed by atoms with E-state index in [0.717, 1.165) is 5.56 Å². The Morgan fingerprint density at radius 2 is 1.60 bits per heavy atom. The van der Waals surface area contributed by atoms with Crippen LogP contribution in [0.3, 0.4) is 0 Å². The van der Waals surface area contributed by atoms with Crippen LogP contribution in [0.1, 0.15) is 17.4 Å². The number of halogens is 1. The van der Waals surface area contributed by atoms with E-state index in [0.29, 0.717) is 55.4 Å². The highest BCUT2D eigenvalue weighted by Gasteiger charge is 2.28. The Morgan fingerprint density at radius 1 is 0.914 bits per heavy atom. The number of hydrogen-bond acceptors (Lipinski definition) is 5. The molecule has 0 saturated carbocycles. The van der Waals surface area contributed by atoms with Gasteiger partial charge in [-0.1, -0.05) is 42.5 Å². The molecule has 35 heavy (non-hydrogen) atoms. The molecule has 0 unspecified atom stereocenters. The van der Waals surface area contributed by atoms with Gasteiger partial charge in [0.2, 0.25) is 0 Å². The Hall–Kier alpha value is -4.27. The fourth-order valence-corrected chi connectivity index (χ4v) is 4.15. The first-order valence-corrected chi connectivity index (χ1v) is 11.5. The monoisotopic (exact) mass is 473 g/mol. The minimum Gasteiger partial charge on any atom is -0.450 e. The van der Waals surface area contributed by atoms with Crippen LogP contribution < -0.4 is 0 Å². The van der Waals surface area contributed by atoms with Crippen LogP contribution in [0.25, 0.3) is 28.2 Å². The number of carbonyl (C=O) groups is 2. The highest BCUT2D eigenvalue weighted by atomic mass is 19.1. The summed E-state index contributed by atoms with van der Waals surface area (Å²) in [6, 6.07) is 19.3. The van der Waals surface area contributed by atoms with Crippen LogP contribution in [-0.4, -0.2) is 69.2 Å². The van der Waals surface area contributed by atoms with Gasteiger partial charge >= 0.3 is 6.09 Å². The molecular formula is C26H24FN5O3. The lowest BCUT2D eigenvalue weighted by Gasteiger charge is -2.34. The van der Waals surface area contributed by atoms with Gasteiger partial charge in [0.1, 0.15) is 11.5 Å². The lowest BCUT2D eigenvalue weighted by Crippen LogP contribution is -2.51. The molecule has 1 saturated heterocycles. The molecule has 4 aromatic rings. The van der Waals surface area contributed by atoms with Gasteiger partial charge in [0.25, 0.3) is 5.91 Å². The molecule has 5 rings (SSSR count). The average molecular weight is 474 g/mol. The summed E-state index contributed by atoms with van der Waals surface area (Å²) in [6.07, 6.45) is -0.382. The fourth-order valence-electron chi connectivity index (χ4n) is 4.15. The predicted octanol–water partition coefficient (Wildman–Crippen LogP) is 4.12. The molecule has 1 fully saturated rings. The van der Waals surface area contributed by atoms with E-state index in [1.165, 1.54) is 10.6 Å². The van der Waals surface area contributed by atoms with Crippen LogP contribution in [0.2, 0.25) is 0 Å². The van der Waals surface area contributed by atoms with Crippen molar-refractivity contribution in [2.75, 3.05) is 32.8 Å². The Balaban J connectivity index is 1.54. The first kappa shape index (κ1) is 22.5. The maximum Gasteiger partial charge on any atom is 0.409 e. The molecule has 0 atom stereocenters. The molecule has 0 bridgehead atoms. The van der Waals surface area contributed by atoms with Crippen LogP contribution in [0.15, 0.2) is 66.7 Å². The van der Waals surface area contributed by atoms with Crippen molar-refractivity contribution in [3.63, 3.8) is 0 Å². The summed E-state index contributed by atoms with van der Waals surface area (Å²) < 4.78 is 21.2. The SMILES string of the molecule is CCOC(=O)N1CCN(C(=O)c2cc(-c3ccccc3F)nc3cc(-c4ccccc4)nn23)CC1. The van der Waals surface area contributed by atoms with Crippen molar-refractivity contribution in [2.24, 2.45) is 0 Å². The third kappa shape index (κ3) is 4.44. The highest BCUT2D eigenvalue weighted by molar-refractivity contribution is 5.94. The zero-order chi connectivity index (χ0) is 24.4. The van der Waals surface area contributed by atoms with Gasteiger partial charge < -0.3 is 14.5 Å². The van der Waals surface area contributed by atoms with Crippen molar-refractivity contribution in [3.05, 3.63) is 78.2 Å². The van der Waals surface area contributed by atoms with Gasteiger partial charge in [-0.3, -0.25) is 4.79 Å². The summed E-state index contributed by atoms with van der Waals surface area (Å²) >= 11 is 0. The highest BCUT2D eigenvalue weighted by Crippen LogP contribution is 2.26. The van der Waals surface area contributed by atoms with Gasteiger partial charge in [-0.25, -0.2) is 18.7 Å². The topological polar surface area (TPSA) is 80.0 Å². The summed E-state index contributed by atoms with van der Waals surface area (Å²) in [7, 11) is 0. The second kappa shape index (κ2) is 9.54. The smallest absolute Gasteiger partial charge is 0.409 e. The molecule has 0 radical (unpaired) electrons. The van der Waals surface area contributed by atoms with E-state index in [4.69, 9.17) is 4.74 Å². The Kier molecular flexibility index (Phi) is 6.13. The van der Waals surface area contributed by atoms with Crippen LogP contribution in [0.5, 0.6) is 0 Å². The molecule has 2 aromatic carbocycles. The lowest BCUT2D eigenvalue weighted by atomic mass is 10.1. The molecule has 9 heteroatoms. The van der Waals surface area contributed by atoms with Crippen molar-refractivity contribution in [3.8, 4) is 22.5 Å². The number of nitrogens with zero attached hydrogens (tertiary/aromatic N) is 5. The first-order valence-electron chi connectivity index (χ1n) is 11.5. The standard InChI is InChI=1S/C26H24FN5O3/c1-2-35-26(34)31-14-12-30(13-15-31)25(33)23-16-22(19-10-6-7-11-20(19)27)28-24-17-21(29-32(23)24)18-8-4-3-5-9-18/h3-11,16-17H,2,12-15H2,1H3. The van der Waals surface area contributed by atoms with Gasteiger partial charge in [-0.15, -0.1) is 0 Å². The van der Waals surface area contributed by atoms with Crippen molar-refractivity contribution in [1.82, 2.24) is 24.4 Å². The zero-order valence-corrected chi connectivity index (χ0v) is 19.2. The normalized spacial score (nSPS) is 13.8. The van der Waals surface area contributed by atoms with Crippen LogP contribution in [-0.2, 0) is 4.74 Å². The molecule has 8 nitrogen and oxygen atoms in total. The number of amides is 2. The number of fused-ring (bicyclic) bond motifs is 1. The Morgan fingerprint density at radius 3 is 2.31 bits per heavy atom. The average Bonchev–Trinajstić information content (AvgIpc) is 3.33. The van der Waals surface area contributed by atoms with E-state index >= 15 is 0 Å². The molecule has 3 heterocycles. The second-order valence-corrected chi connectivity index (χ2v) is 8.15. The Labute approximate surface area is 201 Å². The van der Waals surface area contributed by atoms with Gasteiger partial charge in [0.05, 0.1) is 18.0 Å². The first-order chi connectivity index (χ1) is 17.0. The van der Waals surface area contributed by atoms with Crippen molar-refractivity contribution in [1.29, 1.82) is 0 Å². The number of ether oxygens (including phenoxy) is 1. The maximum absolute atomic E-state index is 14.6. The van der Waals surface area contributed by atoms with Crippen LogP contribution >= 0.6 is 0 Å². The largest absolute Gasteiger partial charge is 0.450 e. The third-order valence-corrected chi connectivity index (χ3v) is 5.96. The number of benzene rings is 2. The van der Waals surface area contributed by atoms with E-state index in [9.17, 15) is 14.0 Å². The van der Waals surface area contributed by atoms with Crippen LogP contribution in [0, 0.1) is 5.82 Å². The van der Waals surface area contributed by atoms with Crippen molar-refractivity contribution >= 4 is 17.6 Å². The van der Waals surface area contributed by atoms with Crippen LogP contribution in [0.4, 0.5) is 9.18 Å². The molecule has 2 aromatic heterocycles. The molecule has 1 aliphatic heterocycles. The number of piperazine rings is 1. The van der Waals surface area contributed by atoms with Crippen molar-refractivity contribution < 1.29 is 18.7 Å². The van der Waals surface area contributed by atoms with E-state index in [-0.39, 0.29) is 17.7 Å². The second-order valence-electron chi connectivity index (χ2n) is 8.15. The van der Waals surface area contributed by atoms with Gasteiger partial charge in [0, 0.05) is 43.4 Å². The molecule has 0 aliphatic carbocycles. The van der Waals surface area contributed by atoms with E-state index in [1.54, 1.807) is 47.1 Å². The zero-order valence-electron chi connectivity index (χ0n) is 19.2. The number of hydrogen-bond donors (Lipinski definition) is 0. The van der Waals surface area contributed by atoms with Crippen molar-refractivity contribution in [2.45, 2.75) is 6.92 Å². The van der Waals surface area contributed by atoms with E-state index in [2.05, 4.69) is 10.1 Å². The summed E-state index contributed by atoms with van der Waals surface area (Å²) in [5.41, 5.74) is 2.91. The van der Waals surface area contributed by atoms with E-state index in [1.807, 2.05) is 30.3 Å². The van der Waals surface area contributed by atoms with Gasteiger partial charge in [-0.05, 0) is 25.1 Å². The summed E-state index contributed by atoms with van der Waals surface area (Å²) in [6.45, 7) is 3.50. The summed E-state index contributed by atoms with van der Waals surface area (Å²) in [5.74, 6) is -0.685. The van der Waals surface area contributed by atoms with Gasteiger partial charge in [0.15, 0.2) is 5.65 Å². The molecule has 1 aliphatic rings. The predicted molar refractivity (Wildman–Crippen MR) is 128 cm³/mol. The number of aromatic nitrogens is 3. The summed E-state index contributed by atoms with van der Waals surface area (Å²) in [5, 5.41) is 4.65. The molecular weight excluding hydrogens is 449 g/mol. The minimum absolute atomic E-state index is 0.263. The fraction of sp³-hybridized carbons (Fsp3) is 0.231. The number of carbonyl (C=O) groups excluding carboxylic acids is 2. The third-order valence-electron chi connectivity index (χ3n) is 5.96. The lowest BCUT2D eigenvalue weighted by molar-refractivity contribution is 0.0563. The Bertz CT molecular complexity index is 1380. The molecule has 0 N–H and O–H groups in total. The quantitative estimate of drug-likeness (QED) is 0.446. The minimum atomic E-state index is -0.423. The van der Waals surface area contributed by atoms with E-state index < -0.39 is 5.82 Å². The molecule has 2 amide bonds. The molecule has 178 valence electrons. The number of rotatable bonds is 4. The summed E-state index contributed by atoms with van der Waals surface area (Å²) in [4.78, 5) is 33.5.